The van der Waals surface area contributed by atoms with Gasteiger partial charge in [0.1, 0.15) is 0 Å². The van der Waals surface area contributed by atoms with E-state index in [2.05, 4.69) is 0 Å². The molecule has 1 heterocycles. The summed E-state index contributed by atoms with van der Waals surface area (Å²) in [6, 6.07) is 4.89. The number of halogens is 2. The Morgan fingerprint density at radius 3 is 2.56 bits per heavy atom. The van der Waals surface area contributed by atoms with Gasteiger partial charge in [-0.05, 0) is 32.3 Å². The van der Waals surface area contributed by atoms with Crippen LogP contribution >= 0.6 is 24.0 Å². The minimum absolute atomic E-state index is 0. The van der Waals surface area contributed by atoms with Crippen LogP contribution in [-0.4, -0.2) is 43.8 Å². The van der Waals surface area contributed by atoms with Crippen LogP contribution in [0.15, 0.2) is 18.2 Å². The van der Waals surface area contributed by atoms with E-state index in [4.69, 9.17) is 11.6 Å². The topological polar surface area (TPSA) is 40.6 Å². The van der Waals surface area contributed by atoms with Crippen molar-refractivity contribution in [2.75, 3.05) is 32.1 Å². The SMILES string of the molecule is CN(C)CCN1C(=O)C(=O)c2ccc(Cl)cc21.Cl. The number of nitrogens with zero attached hydrogens (tertiary/aromatic N) is 2. The van der Waals surface area contributed by atoms with Gasteiger partial charge in [-0.15, -0.1) is 12.4 Å². The van der Waals surface area contributed by atoms with Gasteiger partial charge in [0.2, 0.25) is 0 Å². The largest absolute Gasteiger partial charge is 0.308 e. The quantitative estimate of drug-likeness (QED) is 0.797. The number of carbonyl (C=O) groups is 2. The van der Waals surface area contributed by atoms with Gasteiger partial charge in [0.25, 0.3) is 11.7 Å². The number of benzene rings is 1. The summed E-state index contributed by atoms with van der Waals surface area (Å²) in [4.78, 5) is 27.0. The lowest BCUT2D eigenvalue weighted by molar-refractivity contribution is -0.114. The summed E-state index contributed by atoms with van der Waals surface area (Å²) in [5.74, 6) is -0.917. The van der Waals surface area contributed by atoms with Crippen LogP contribution < -0.4 is 4.90 Å². The van der Waals surface area contributed by atoms with Gasteiger partial charge in [0.05, 0.1) is 11.3 Å². The molecular formula is C12H14Cl2N2O2. The lowest BCUT2D eigenvalue weighted by atomic mass is 10.1. The van der Waals surface area contributed by atoms with E-state index in [1.54, 1.807) is 18.2 Å². The Morgan fingerprint density at radius 2 is 1.94 bits per heavy atom. The molecule has 0 bridgehead atoms. The average molecular weight is 289 g/mol. The second-order valence-electron chi connectivity index (χ2n) is 4.25. The monoisotopic (exact) mass is 288 g/mol. The second-order valence-corrected chi connectivity index (χ2v) is 4.69. The number of Topliss-reactive ketones (excluding diaryl/α,β-unsaturated/α-hetero) is 1. The fourth-order valence-corrected chi connectivity index (χ4v) is 1.96. The summed E-state index contributed by atoms with van der Waals surface area (Å²) in [5, 5.41) is 0.529. The summed E-state index contributed by atoms with van der Waals surface area (Å²) in [7, 11) is 3.84. The first-order chi connectivity index (χ1) is 8.00. The number of amides is 1. The summed E-state index contributed by atoms with van der Waals surface area (Å²) >= 11 is 5.89. The van der Waals surface area contributed by atoms with E-state index in [1.807, 2.05) is 19.0 Å². The van der Waals surface area contributed by atoms with Gasteiger partial charge in [-0.25, -0.2) is 0 Å². The third-order valence-corrected chi connectivity index (χ3v) is 2.94. The molecule has 1 amide bonds. The Labute approximate surface area is 117 Å². The van der Waals surface area contributed by atoms with Gasteiger partial charge in [0, 0.05) is 18.1 Å². The van der Waals surface area contributed by atoms with E-state index in [0.29, 0.717) is 29.4 Å². The van der Waals surface area contributed by atoms with Gasteiger partial charge < -0.3 is 9.80 Å². The molecule has 0 saturated heterocycles. The molecule has 0 N–H and O–H groups in total. The van der Waals surface area contributed by atoms with Crippen molar-refractivity contribution in [2.24, 2.45) is 0 Å². The molecule has 0 radical (unpaired) electrons. The van der Waals surface area contributed by atoms with E-state index in [9.17, 15) is 9.59 Å². The Morgan fingerprint density at radius 1 is 1.28 bits per heavy atom. The first-order valence-corrected chi connectivity index (χ1v) is 5.69. The molecule has 1 aliphatic rings. The molecule has 0 atom stereocenters. The number of anilines is 1. The highest BCUT2D eigenvalue weighted by molar-refractivity contribution is 6.52. The molecule has 0 aliphatic carbocycles. The maximum atomic E-state index is 11.8. The third-order valence-electron chi connectivity index (χ3n) is 2.71. The number of rotatable bonds is 3. The van der Waals surface area contributed by atoms with Crippen molar-refractivity contribution >= 4 is 41.4 Å². The molecule has 0 unspecified atom stereocenters. The predicted molar refractivity (Wildman–Crippen MR) is 73.9 cm³/mol. The molecule has 6 heteroatoms. The van der Waals surface area contributed by atoms with E-state index >= 15 is 0 Å². The first-order valence-electron chi connectivity index (χ1n) is 5.31. The van der Waals surface area contributed by atoms with Crippen molar-refractivity contribution in [1.29, 1.82) is 0 Å². The molecule has 1 aromatic carbocycles. The predicted octanol–water partition coefficient (Wildman–Crippen LogP) is 1.85. The number of hydrogen-bond donors (Lipinski definition) is 0. The molecule has 0 spiro atoms. The minimum Gasteiger partial charge on any atom is -0.308 e. The Kier molecular flexibility index (Phi) is 4.73. The molecular weight excluding hydrogens is 275 g/mol. The van der Waals surface area contributed by atoms with Crippen LogP contribution in [0.2, 0.25) is 5.02 Å². The number of carbonyl (C=O) groups excluding carboxylic acids is 2. The van der Waals surface area contributed by atoms with Crippen molar-refractivity contribution in [2.45, 2.75) is 0 Å². The Bertz CT molecular complexity index is 489. The molecule has 0 fully saturated rings. The maximum Gasteiger partial charge on any atom is 0.299 e. The van der Waals surface area contributed by atoms with Crippen molar-refractivity contribution in [3.05, 3.63) is 28.8 Å². The molecule has 4 nitrogen and oxygen atoms in total. The first kappa shape index (κ1) is 15.0. The van der Waals surface area contributed by atoms with E-state index in [0.717, 1.165) is 0 Å². The molecule has 2 rings (SSSR count). The zero-order valence-electron chi connectivity index (χ0n) is 10.1. The number of hydrogen-bond acceptors (Lipinski definition) is 3. The van der Waals surface area contributed by atoms with E-state index in [-0.39, 0.29) is 12.4 Å². The van der Waals surface area contributed by atoms with Crippen LogP contribution in [-0.2, 0) is 4.79 Å². The smallest absolute Gasteiger partial charge is 0.299 e. The Hall–Kier alpha value is -1.10. The summed E-state index contributed by atoms with van der Waals surface area (Å²) in [6.45, 7) is 1.19. The van der Waals surface area contributed by atoms with Crippen LogP contribution in [0.25, 0.3) is 0 Å². The standard InChI is InChI=1S/C12H13ClN2O2.ClH/c1-14(2)5-6-15-10-7-8(13)3-4-9(10)11(16)12(15)17;/h3-4,7H,5-6H2,1-2H3;1H. The lowest BCUT2D eigenvalue weighted by Gasteiger charge is -2.19. The molecule has 18 heavy (non-hydrogen) atoms. The van der Waals surface area contributed by atoms with Crippen molar-refractivity contribution in [1.82, 2.24) is 4.90 Å². The fourth-order valence-electron chi connectivity index (χ4n) is 1.79. The van der Waals surface area contributed by atoms with Crippen molar-refractivity contribution in [3.63, 3.8) is 0 Å². The van der Waals surface area contributed by atoms with Crippen molar-refractivity contribution < 1.29 is 9.59 Å². The van der Waals surface area contributed by atoms with Crippen LogP contribution in [0.3, 0.4) is 0 Å². The van der Waals surface area contributed by atoms with E-state index < -0.39 is 11.7 Å². The fraction of sp³-hybridized carbons (Fsp3) is 0.333. The van der Waals surface area contributed by atoms with Crippen LogP contribution in [0.5, 0.6) is 0 Å². The van der Waals surface area contributed by atoms with Crippen LogP contribution in [0.4, 0.5) is 5.69 Å². The van der Waals surface area contributed by atoms with Gasteiger partial charge in [-0.3, -0.25) is 9.59 Å². The second kappa shape index (κ2) is 5.69. The Balaban J connectivity index is 0.00000162. The number of ketones is 1. The van der Waals surface area contributed by atoms with Gasteiger partial charge in [-0.2, -0.15) is 0 Å². The average Bonchev–Trinajstić information content (AvgIpc) is 2.49. The highest BCUT2D eigenvalue weighted by atomic mass is 35.5. The van der Waals surface area contributed by atoms with Gasteiger partial charge >= 0.3 is 0 Å². The molecule has 0 saturated carbocycles. The van der Waals surface area contributed by atoms with E-state index in [1.165, 1.54) is 4.90 Å². The third kappa shape index (κ3) is 2.66. The normalized spacial score (nSPS) is 13.9. The highest BCUT2D eigenvalue weighted by Crippen LogP contribution is 2.31. The lowest BCUT2D eigenvalue weighted by Crippen LogP contribution is -2.35. The summed E-state index contributed by atoms with van der Waals surface area (Å²) in [6.07, 6.45) is 0. The molecule has 1 aromatic rings. The van der Waals surface area contributed by atoms with Gasteiger partial charge in [-0.1, -0.05) is 11.6 Å². The maximum absolute atomic E-state index is 11.8. The zero-order chi connectivity index (χ0) is 12.6. The zero-order valence-corrected chi connectivity index (χ0v) is 11.7. The molecule has 0 aromatic heterocycles. The minimum atomic E-state index is -0.468. The van der Waals surface area contributed by atoms with Crippen LogP contribution in [0.1, 0.15) is 10.4 Å². The van der Waals surface area contributed by atoms with Crippen molar-refractivity contribution in [3.8, 4) is 0 Å². The number of fused-ring (bicyclic) bond motifs is 1. The summed E-state index contributed by atoms with van der Waals surface area (Å²) < 4.78 is 0. The molecule has 98 valence electrons. The van der Waals surface area contributed by atoms with Crippen LogP contribution in [0, 0.1) is 0 Å². The molecule has 1 aliphatic heterocycles. The highest BCUT2D eigenvalue weighted by Gasteiger charge is 2.35. The summed E-state index contributed by atoms with van der Waals surface area (Å²) in [5.41, 5.74) is 1.06. The van der Waals surface area contributed by atoms with Gasteiger partial charge in [0.15, 0.2) is 0 Å². The number of likely N-dealkylation sites (N-methyl/N-ethyl adjacent to an activating group) is 1.